The molecule has 1 aliphatic heterocycles. The summed E-state index contributed by atoms with van der Waals surface area (Å²) in [6.45, 7) is 1.94. The number of aromatic nitrogens is 2. The molecule has 1 saturated heterocycles. The molecule has 1 unspecified atom stereocenters. The smallest absolute Gasteiger partial charge is 0.322 e. The Balaban J connectivity index is 1.33. The van der Waals surface area contributed by atoms with Crippen molar-refractivity contribution in [3.8, 4) is 5.69 Å². The Bertz CT molecular complexity index is 1090. The van der Waals surface area contributed by atoms with Crippen LogP contribution < -0.4 is 21.3 Å². The number of rotatable bonds is 5. The van der Waals surface area contributed by atoms with Crippen LogP contribution in [0.2, 0.25) is 0 Å². The van der Waals surface area contributed by atoms with E-state index in [2.05, 4.69) is 26.4 Å². The van der Waals surface area contributed by atoms with E-state index in [1.54, 1.807) is 48.3 Å². The molecule has 2 aromatic carbocycles. The predicted molar refractivity (Wildman–Crippen MR) is 110 cm³/mol. The molecule has 2 heterocycles. The predicted octanol–water partition coefficient (Wildman–Crippen LogP) is 2.25. The van der Waals surface area contributed by atoms with Crippen molar-refractivity contribution in [1.82, 2.24) is 25.7 Å². The van der Waals surface area contributed by atoms with Crippen LogP contribution in [-0.2, 0) is 16.9 Å². The average molecular weight is 404 g/mol. The van der Waals surface area contributed by atoms with Crippen LogP contribution >= 0.6 is 0 Å². The fraction of sp³-hybridized carbons (Fsp3) is 0.143. The number of hydrogen-bond acceptors (Lipinski definition) is 4. The third-order valence-electron chi connectivity index (χ3n) is 4.89. The summed E-state index contributed by atoms with van der Waals surface area (Å²) < 4.78 is 1.67. The van der Waals surface area contributed by atoms with Gasteiger partial charge in [0, 0.05) is 6.54 Å². The number of carbonyl (C=O) groups is 3. The number of urea groups is 2. The second kappa shape index (κ2) is 7.70. The van der Waals surface area contributed by atoms with Gasteiger partial charge in [0.2, 0.25) is 0 Å². The molecule has 0 radical (unpaired) electrons. The highest BCUT2D eigenvalue weighted by molar-refractivity contribution is 6.07. The van der Waals surface area contributed by atoms with Crippen LogP contribution in [0.4, 0.5) is 15.3 Å². The van der Waals surface area contributed by atoms with Crippen molar-refractivity contribution in [1.29, 1.82) is 0 Å². The molecule has 0 saturated carbocycles. The maximum atomic E-state index is 12.2. The highest BCUT2D eigenvalue weighted by Gasteiger charge is 2.43. The molecular formula is C21H20N6O3. The first-order valence-corrected chi connectivity index (χ1v) is 9.32. The third kappa shape index (κ3) is 3.86. The van der Waals surface area contributed by atoms with Gasteiger partial charge in [-0.15, -0.1) is 0 Å². The maximum Gasteiger partial charge on any atom is 0.322 e. The Morgan fingerprint density at radius 1 is 1.10 bits per heavy atom. The van der Waals surface area contributed by atoms with Gasteiger partial charge in [-0.3, -0.25) is 10.1 Å². The largest absolute Gasteiger partial charge is 0.334 e. The number of carbonyl (C=O) groups excluding carboxylic acids is 3. The van der Waals surface area contributed by atoms with Crippen molar-refractivity contribution in [3.63, 3.8) is 0 Å². The van der Waals surface area contributed by atoms with E-state index in [0.717, 1.165) is 11.3 Å². The lowest BCUT2D eigenvalue weighted by molar-refractivity contribution is -0.123. The van der Waals surface area contributed by atoms with Gasteiger partial charge in [0.15, 0.2) is 0 Å². The number of nitrogens with zero attached hydrogens (tertiary/aromatic N) is 2. The molecule has 5 amide bonds. The zero-order chi connectivity index (χ0) is 21.1. The Kier molecular flexibility index (Phi) is 4.93. The lowest BCUT2D eigenvalue weighted by Crippen LogP contribution is -2.40. The van der Waals surface area contributed by atoms with E-state index >= 15 is 0 Å². The normalized spacial score (nSPS) is 17.9. The van der Waals surface area contributed by atoms with Gasteiger partial charge >= 0.3 is 12.1 Å². The number of para-hydroxylation sites is 1. The minimum atomic E-state index is -1.10. The highest BCUT2D eigenvalue weighted by Crippen LogP contribution is 2.24. The second-order valence-electron chi connectivity index (χ2n) is 7.05. The maximum absolute atomic E-state index is 12.2. The monoisotopic (exact) mass is 404 g/mol. The molecule has 1 fully saturated rings. The molecule has 1 atom stereocenters. The van der Waals surface area contributed by atoms with Crippen molar-refractivity contribution < 1.29 is 14.4 Å². The van der Waals surface area contributed by atoms with Gasteiger partial charge < -0.3 is 16.0 Å². The van der Waals surface area contributed by atoms with Crippen LogP contribution in [0, 0.1) is 0 Å². The molecule has 9 nitrogen and oxygen atoms in total. The Morgan fingerprint density at radius 2 is 1.83 bits per heavy atom. The lowest BCUT2D eigenvalue weighted by Gasteiger charge is -2.21. The highest BCUT2D eigenvalue weighted by atomic mass is 16.2. The van der Waals surface area contributed by atoms with E-state index in [1.165, 1.54) is 0 Å². The molecule has 0 bridgehead atoms. The fourth-order valence-corrected chi connectivity index (χ4v) is 3.17. The molecule has 0 spiro atoms. The standard InChI is InChI=1S/C21H20N6O3/c1-21(18(28)25-20(30)26-21)15-9-7-14(8-10-15)11-22-19(29)24-16-12-23-27(13-16)17-5-3-2-4-6-17/h2-10,12-13H,11H2,1H3,(H2,22,24,29)(H2,25,26,28,30). The molecule has 30 heavy (non-hydrogen) atoms. The summed E-state index contributed by atoms with van der Waals surface area (Å²) in [6, 6.07) is 15.8. The van der Waals surface area contributed by atoms with Crippen LogP contribution in [0.15, 0.2) is 67.0 Å². The van der Waals surface area contributed by atoms with E-state index < -0.39 is 17.5 Å². The van der Waals surface area contributed by atoms with Crippen molar-refractivity contribution in [2.45, 2.75) is 19.0 Å². The Morgan fingerprint density at radius 3 is 2.50 bits per heavy atom. The van der Waals surface area contributed by atoms with Crippen LogP contribution in [-0.4, -0.2) is 27.7 Å². The second-order valence-corrected chi connectivity index (χ2v) is 7.05. The van der Waals surface area contributed by atoms with E-state index in [-0.39, 0.29) is 6.03 Å². The zero-order valence-corrected chi connectivity index (χ0v) is 16.2. The Labute approximate surface area is 172 Å². The van der Waals surface area contributed by atoms with E-state index in [9.17, 15) is 14.4 Å². The molecule has 9 heteroatoms. The van der Waals surface area contributed by atoms with Gasteiger partial charge in [0.1, 0.15) is 5.54 Å². The van der Waals surface area contributed by atoms with Crippen LogP contribution in [0.3, 0.4) is 0 Å². The number of hydrogen-bond donors (Lipinski definition) is 4. The van der Waals surface area contributed by atoms with Crippen molar-refractivity contribution in [2.24, 2.45) is 0 Å². The number of nitrogens with one attached hydrogen (secondary N) is 4. The zero-order valence-electron chi connectivity index (χ0n) is 16.2. The van der Waals surface area contributed by atoms with E-state index in [1.807, 2.05) is 30.3 Å². The van der Waals surface area contributed by atoms with Gasteiger partial charge in [-0.05, 0) is 30.2 Å². The van der Waals surface area contributed by atoms with Crippen molar-refractivity contribution in [2.75, 3.05) is 5.32 Å². The van der Waals surface area contributed by atoms with Gasteiger partial charge in [-0.25, -0.2) is 14.3 Å². The van der Waals surface area contributed by atoms with E-state index in [0.29, 0.717) is 17.8 Å². The number of amides is 5. The van der Waals surface area contributed by atoms with Crippen LogP contribution in [0.5, 0.6) is 0 Å². The summed E-state index contributed by atoms with van der Waals surface area (Å²) in [4.78, 5) is 35.6. The first-order chi connectivity index (χ1) is 14.4. The SMILES string of the molecule is CC1(c2ccc(CNC(=O)Nc3cnn(-c4ccccc4)c3)cc2)NC(=O)NC1=O. The number of benzene rings is 2. The van der Waals surface area contributed by atoms with Gasteiger partial charge in [-0.1, -0.05) is 42.5 Å². The van der Waals surface area contributed by atoms with Gasteiger partial charge in [0.25, 0.3) is 5.91 Å². The molecule has 1 aromatic heterocycles. The van der Waals surface area contributed by atoms with Crippen molar-refractivity contribution >= 4 is 23.7 Å². The topological polar surface area (TPSA) is 117 Å². The minimum absolute atomic E-state index is 0.300. The first kappa shape index (κ1) is 19.2. The van der Waals surface area contributed by atoms with Crippen LogP contribution in [0.1, 0.15) is 18.1 Å². The van der Waals surface area contributed by atoms with Gasteiger partial charge in [-0.2, -0.15) is 5.10 Å². The first-order valence-electron chi connectivity index (χ1n) is 9.32. The number of imide groups is 1. The summed E-state index contributed by atoms with van der Waals surface area (Å²) in [6.07, 6.45) is 3.30. The molecule has 1 aliphatic rings. The summed E-state index contributed by atoms with van der Waals surface area (Å²) >= 11 is 0. The molecule has 4 N–H and O–H groups in total. The lowest BCUT2D eigenvalue weighted by atomic mass is 9.91. The van der Waals surface area contributed by atoms with Crippen LogP contribution in [0.25, 0.3) is 5.69 Å². The minimum Gasteiger partial charge on any atom is -0.334 e. The average Bonchev–Trinajstić information content (AvgIpc) is 3.31. The molecule has 4 rings (SSSR count). The van der Waals surface area contributed by atoms with Gasteiger partial charge in [0.05, 0.1) is 23.8 Å². The quantitative estimate of drug-likeness (QED) is 0.488. The third-order valence-corrected chi connectivity index (χ3v) is 4.89. The molecule has 152 valence electrons. The van der Waals surface area contributed by atoms with Crippen molar-refractivity contribution in [3.05, 3.63) is 78.1 Å². The Hall–Kier alpha value is -4.14. The fourth-order valence-electron chi connectivity index (χ4n) is 3.17. The summed E-state index contributed by atoms with van der Waals surface area (Å²) in [7, 11) is 0. The number of anilines is 1. The summed E-state index contributed by atoms with van der Waals surface area (Å²) in [5, 5.41) is 14.6. The molecular weight excluding hydrogens is 384 g/mol. The van der Waals surface area contributed by atoms with E-state index in [4.69, 9.17) is 0 Å². The summed E-state index contributed by atoms with van der Waals surface area (Å²) in [5.74, 6) is -0.395. The summed E-state index contributed by atoms with van der Waals surface area (Å²) in [5.41, 5.74) is 1.88. The molecule has 3 aromatic rings. The molecule has 0 aliphatic carbocycles.